The molecule has 1 aliphatic carbocycles. The summed E-state index contributed by atoms with van der Waals surface area (Å²) < 4.78 is 29.0. The number of hydrogen-bond donors (Lipinski definition) is 0. The molecule has 2 aromatic rings. The Morgan fingerprint density at radius 1 is 0.449 bits per heavy atom. The molecule has 0 saturated carbocycles. The molecule has 2 fully saturated rings. The highest BCUT2D eigenvalue weighted by Gasteiger charge is 2.56. The van der Waals surface area contributed by atoms with Gasteiger partial charge in [0.25, 0.3) is 0 Å². The lowest BCUT2D eigenvalue weighted by Crippen LogP contribution is -2.41. The molecule has 0 radical (unpaired) electrons. The number of rotatable bonds is 20. The maximum atomic E-state index is 6.63. The van der Waals surface area contributed by atoms with Crippen LogP contribution in [0.1, 0.15) is 196 Å². The fourth-order valence-electron chi connectivity index (χ4n) is 7.95. The van der Waals surface area contributed by atoms with Crippen LogP contribution in [0.4, 0.5) is 0 Å². The van der Waals surface area contributed by atoms with Crippen LogP contribution in [0.15, 0.2) is 12.1 Å². The zero-order chi connectivity index (χ0) is 35.5. The van der Waals surface area contributed by atoms with E-state index in [1.807, 2.05) is 22.7 Å². The van der Waals surface area contributed by atoms with Gasteiger partial charge in [0.05, 0.1) is 22.4 Å². The van der Waals surface area contributed by atoms with Crippen LogP contribution >= 0.6 is 22.7 Å². The second-order valence-corrected chi connectivity index (χ2v) is 19.7. The Hall–Kier alpha value is -0.630. The fraction of sp³-hybridized carbons (Fsp3) is 0.805. The number of unbranched alkanes of at least 4 members (excludes halogenated alkanes) is 14. The van der Waals surface area contributed by atoms with Crippen LogP contribution in [0.5, 0.6) is 0 Å². The third kappa shape index (κ3) is 8.46. The lowest BCUT2D eigenvalue weighted by atomic mass is 9.70. The lowest BCUT2D eigenvalue weighted by molar-refractivity contribution is 0.00578. The second kappa shape index (κ2) is 16.2. The van der Waals surface area contributed by atoms with E-state index in [0.717, 1.165) is 0 Å². The fourth-order valence-corrected chi connectivity index (χ4v) is 10.5. The zero-order valence-electron chi connectivity index (χ0n) is 33.0. The van der Waals surface area contributed by atoms with Gasteiger partial charge in [-0.2, -0.15) is 0 Å². The van der Waals surface area contributed by atoms with Crippen molar-refractivity contribution in [2.24, 2.45) is 0 Å². The van der Waals surface area contributed by atoms with Crippen molar-refractivity contribution >= 4 is 46.5 Å². The molecule has 3 aliphatic rings. The molecule has 8 heteroatoms. The van der Waals surface area contributed by atoms with Gasteiger partial charge in [-0.15, -0.1) is 22.7 Å². The van der Waals surface area contributed by atoms with Gasteiger partial charge in [-0.3, -0.25) is 0 Å². The first-order valence-corrected chi connectivity index (χ1v) is 21.8. The number of thiophene rings is 2. The lowest BCUT2D eigenvalue weighted by Gasteiger charge is -2.32. The van der Waals surface area contributed by atoms with Crippen LogP contribution in [0, 0.1) is 0 Å². The average Bonchev–Trinajstić information content (AvgIpc) is 3.79. The highest BCUT2D eigenvalue weighted by atomic mass is 32.1. The molecule has 2 aromatic heterocycles. The highest BCUT2D eigenvalue weighted by molar-refractivity contribution is 7.31. The van der Waals surface area contributed by atoms with Gasteiger partial charge in [-0.05, 0) is 91.5 Å². The molecule has 0 amide bonds. The van der Waals surface area contributed by atoms with Gasteiger partial charge >= 0.3 is 14.2 Å². The van der Waals surface area contributed by atoms with E-state index in [1.54, 1.807) is 0 Å². The Kier molecular flexibility index (Phi) is 13.1. The van der Waals surface area contributed by atoms with Crippen molar-refractivity contribution < 1.29 is 18.6 Å². The van der Waals surface area contributed by atoms with E-state index in [9.17, 15) is 0 Å². The SMILES string of the molecule is CCCCCCCCCCC1(CCCCCCCCCC)c2cc(B3OC(C)(C)C(C)(C)O3)sc2-c2sc(B3OC(C)(C)C(C)(C)O3)cc21. The normalized spacial score (nSPS) is 21.1. The highest BCUT2D eigenvalue weighted by Crippen LogP contribution is 2.58. The maximum Gasteiger partial charge on any atom is 0.505 e. The van der Waals surface area contributed by atoms with E-state index in [2.05, 4.69) is 81.4 Å². The van der Waals surface area contributed by atoms with Crippen LogP contribution in [0.3, 0.4) is 0 Å². The van der Waals surface area contributed by atoms with E-state index in [4.69, 9.17) is 18.6 Å². The minimum Gasteiger partial charge on any atom is -0.399 e. The number of hydrogen-bond acceptors (Lipinski definition) is 6. The quantitative estimate of drug-likeness (QED) is 0.101. The Morgan fingerprint density at radius 2 is 0.735 bits per heavy atom. The van der Waals surface area contributed by atoms with E-state index >= 15 is 0 Å². The summed E-state index contributed by atoms with van der Waals surface area (Å²) in [6.45, 7) is 21.9. The Labute approximate surface area is 309 Å². The summed E-state index contributed by atoms with van der Waals surface area (Å²) in [6.07, 6.45) is 24.0. The molecule has 0 atom stereocenters. The van der Waals surface area contributed by atoms with Crippen molar-refractivity contribution in [2.45, 2.75) is 213 Å². The van der Waals surface area contributed by atoms with Crippen molar-refractivity contribution in [1.29, 1.82) is 0 Å². The molecule has 0 N–H and O–H groups in total. The molecule has 5 rings (SSSR count). The summed E-state index contributed by atoms with van der Waals surface area (Å²) in [5.74, 6) is 0. The Morgan fingerprint density at radius 3 is 1.04 bits per heavy atom. The van der Waals surface area contributed by atoms with Crippen molar-refractivity contribution in [1.82, 2.24) is 0 Å². The minimum atomic E-state index is -0.352. The first-order valence-electron chi connectivity index (χ1n) is 20.2. The van der Waals surface area contributed by atoms with Gasteiger partial charge in [0, 0.05) is 24.7 Å². The summed E-state index contributed by atoms with van der Waals surface area (Å²) in [5, 5.41) is 0. The third-order valence-corrected chi connectivity index (χ3v) is 15.1. The Bertz CT molecular complexity index is 1220. The van der Waals surface area contributed by atoms with Gasteiger partial charge in [0.1, 0.15) is 0 Å². The molecule has 274 valence electrons. The predicted molar refractivity (Wildman–Crippen MR) is 214 cm³/mol. The van der Waals surface area contributed by atoms with E-state index in [1.165, 1.54) is 146 Å². The van der Waals surface area contributed by atoms with Gasteiger partial charge in [-0.25, -0.2) is 0 Å². The van der Waals surface area contributed by atoms with Crippen LogP contribution < -0.4 is 9.55 Å². The molecule has 49 heavy (non-hydrogen) atoms. The smallest absolute Gasteiger partial charge is 0.399 e. The van der Waals surface area contributed by atoms with Gasteiger partial charge in [0.2, 0.25) is 0 Å². The van der Waals surface area contributed by atoms with Crippen LogP contribution in [0.2, 0.25) is 0 Å². The van der Waals surface area contributed by atoms with Gasteiger partial charge in [0.15, 0.2) is 0 Å². The van der Waals surface area contributed by atoms with Gasteiger partial charge in [-0.1, -0.05) is 117 Å². The molecule has 4 nitrogen and oxygen atoms in total. The molecular formula is C41H68B2O4S2. The second-order valence-electron chi connectivity index (χ2n) is 17.5. The summed E-state index contributed by atoms with van der Waals surface area (Å²) >= 11 is 3.82. The van der Waals surface area contributed by atoms with Crippen LogP contribution in [0.25, 0.3) is 9.75 Å². The standard InChI is InChI=1S/C41H68B2O4S2/c1-11-13-15-17-19-21-23-25-27-41(28-26-24-22-20-18-16-14-12-2)31-29-33(42-44-37(3,4)38(5,6)45-42)48-35(31)36-32(41)30-34(49-36)43-46-39(7,8)40(9,10)47-43/h29-30H,11-28H2,1-10H3. The molecular weight excluding hydrogens is 642 g/mol. The molecule has 2 aliphatic heterocycles. The molecule has 0 bridgehead atoms. The third-order valence-electron chi connectivity index (χ3n) is 12.6. The molecule has 4 heterocycles. The molecule has 0 spiro atoms. The minimum absolute atomic E-state index is 0.0197. The van der Waals surface area contributed by atoms with Crippen LogP contribution in [-0.4, -0.2) is 36.6 Å². The maximum absolute atomic E-state index is 6.63. The largest absolute Gasteiger partial charge is 0.505 e. The summed E-state index contributed by atoms with van der Waals surface area (Å²) in [5.41, 5.74) is 1.69. The summed E-state index contributed by atoms with van der Waals surface area (Å²) in [6, 6.07) is 5.00. The molecule has 0 aromatic carbocycles. The first-order chi connectivity index (χ1) is 23.2. The van der Waals surface area contributed by atoms with Crippen molar-refractivity contribution in [3.8, 4) is 9.75 Å². The zero-order valence-corrected chi connectivity index (χ0v) is 34.6. The predicted octanol–water partition coefficient (Wildman–Crippen LogP) is 11.7. The monoisotopic (exact) mass is 710 g/mol. The van der Waals surface area contributed by atoms with Crippen molar-refractivity contribution in [2.75, 3.05) is 0 Å². The first kappa shape index (κ1) is 39.6. The van der Waals surface area contributed by atoms with E-state index in [-0.39, 0.29) is 42.1 Å². The summed E-state index contributed by atoms with van der Waals surface area (Å²) in [7, 11) is -0.647. The van der Waals surface area contributed by atoms with Crippen molar-refractivity contribution in [3.63, 3.8) is 0 Å². The van der Waals surface area contributed by atoms with E-state index in [0.29, 0.717) is 0 Å². The molecule has 2 saturated heterocycles. The topological polar surface area (TPSA) is 36.9 Å². The average molecular weight is 711 g/mol. The van der Waals surface area contributed by atoms with Crippen LogP contribution in [-0.2, 0) is 24.0 Å². The summed E-state index contributed by atoms with van der Waals surface area (Å²) in [4.78, 5) is 2.87. The van der Waals surface area contributed by atoms with Gasteiger partial charge < -0.3 is 18.6 Å². The van der Waals surface area contributed by atoms with Crippen molar-refractivity contribution in [3.05, 3.63) is 23.3 Å². The molecule has 0 unspecified atom stereocenters. The number of fused-ring (bicyclic) bond motifs is 3. The van der Waals surface area contributed by atoms with E-state index < -0.39 is 0 Å². The Balaban J connectivity index is 1.45.